The molecule has 0 aromatic heterocycles. The molecule has 0 aliphatic heterocycles. The molecule has 2 rings (SSSR count). The van der Waals surface area contributed by atoms with E-state index < -0.39 is 6.04 Å². The summed E-state index contributed by atoms with van der Waals surface area (Å²) in [6.07, 6.45) is 0. The van der Waals surface area contributed by atoms with Crippen molar-refractivity contribution in [1.82, 2.24) is 10.2 Å². The number of amides is 2. The van der Waals surface area contributed by atoms with Crippen LogP contribution in [0.4, 0.5) is 0 Å². The Morgan fingerprint density at radius 2 is 1.73 bits per heavy atom. The quantitative estimate of drug-likeness (QED) is 0.636. The Balaban J connectivity index is 2.15. The van der Waals surface area contributed by atoms with E-state index in [1.807, 2.05) is 58.0 Å². The molecule has 0 bridgehead atoms. The van der Waals surface area contributed by atoms with Crippen LogP contribution >= 0.6 is 11.6 Å². The maximum absolute atomic E-state index is 13.1. The predicted molar refractivity (Wildman–Crippen MR) is 121 cm³/mol. The van der Waals surface area contributed by atoms with Gasteiger partial charge >= 0.3 is 0 Å². The summed E-state index contributed by atoms with van der Waals surface area (Å²) in [6, 6.07) is 12.5. The normalized spacial score (nSPS) is 11.8. The number of aryl methyl sites for hydroxylation is 2. The summed E-state index contributed by atoms with van der Waals surface area (Å²) in [5, 5.41) is 3.53. The van der Waals surface area contributed by atoms with E-state index in [0.717, 1.165) is 16.7 Å². The van der Waals surface area contributed by atoms with Crippen LogP contribution in [0.3, 0.4) is 0 Å². The van der Waals surface area contributed by atoms with Gasteiger partial charge in [-0.3, -0.25) is 9.59 Å². The van der Waals surface area contributed by atoms with Gasteiger partial charge in [0.05, 0.1) is 0 Å². The maximum Gasteiger partial charge on any atom is 0.261 e. The average molecular weight is 431 g/mol. The highest BCUT2D eigenvalue weighted by Crippen LogP contribution is 2.20. The summed E-state index contributed by atoms with van der Waals surface area (Å²) in [4.78, 5) is 27.3. The lowest BCUT2D eigenvalue weighted by Gasteiger charge is -2.29. The fourth-order valence-corrected chi connectivity index (χ4v) is 3.03. The standard InChI is InChI=1S/C24H31ClN2O3/c1-16(2)13-26-24(29)19(5)27(14-20-8-10-21(25)11-9-20)23(28)15-30-22-12-17(3)6-7-18(22)4/h6-12,16,19H,13-15H2,1-5H3,(H,26,29)/t19-/m0/s1. The first-order chi connectivity index (χ1) is 14.2. The van der Waals surface area contributed by atoms with Crippen LogP contribution in [0.2, 0.25) is 5.02 Å². The van der Waals surface area contributed by atoms with Gasteiger partial charge in [-0.1, -0.05) is 49.7 Å². The van der Waals surface area contributed by atoms with Gasteiger partial charge in [-0.2, -0.15) is 0 Å². The van der Waals surface area contributed by atoms with E-state index in [1.165, 1.54) is 0 Å². The van der Waals surface area contributed by atoms with Gasteiger partial charge in [0, 0.05) is 18.1 Å². The van der Waals surface area contributed by atoms with Gasteiger partial charge in [0.1, 0.15) is 11.8 Å². The first-order valence-corrected chi connectivity index (χ1v) is 10.6. The van der Waals surface area contributed by atoms with Crippen molar-refractivity contribution in [2.75, 3.05) is 13.2 Å². The summed E-state index contributed by atoms with van der Waals surface area (Å²) >= 11 is 5.98. The van der Waals surface area contributed by atoms with Crippen LogP contribution in [-0.2, 0) is 16.1 Å². The number of ether oxygens (including phenoxy) is 1. The minimum atomic E-state index is -0.630. The lowest BCUT2D eigenvalue weighted by molar-refractivity contribution is -0.142. The van der Waals surface area contributed by atoms with E-state index in [4.69, 9.17) is 16.3 Å². The second-order valence-corrected chi connectivity index (χ2v) is 8.46. The number of nitrogens with zero attached hydrogens (tertiary/aromatic N) is 1. The Bertz CT molecular complexity index is 865. The van der Waals surface area contributed by atoms with Crippen molar-refractivity contribution in [3.63, 3.8) is 0 Å². The highest BCUT2D eigenvalue weighted by Gasteiger charge is 2.26. The number of rotatable bonds is 9. The van der Waals surface area contributed by atoms with Crippen LogP contribution in [0.15, 0.2) is 42.5 Å². The third-order valence-corrected chi connectivity index (χ3v) is 5.06. The van der Waals surface area contributed by atoms with Crippen molar-refractivity contribution in [3.8, 4) is 5.75 Å². The molecule has 2 aromatic rings. The van der Waals surface area contributed by atoms with Crippen LogP contribution in [0.1, 0.15) is 37.5 Å². The van der Waals surface area contributed by atoms with Crippen LogP contribution in [-0.4, -0.2) is 35.9 Å². The molecule has 0 aliphatic carbocycles. The average Bonchev–Trinajstić information content (AvgIpc) is 2.71. The zero-order valence-electron chi connectivity index (χ0n) is 18.4. The van der Waals surface area contributed by atoms with Gasteiger partial charge < -0.3 is 15.0 Å². The van der Waals surface area contributed by atoms with E-state index >= 15 is 0 Å². The fourth-order valence-electron chi connectivity index (χ4n) is 2.91. The largest absolute Gasteiger partial charge is 0.483 e. The molecule has 0 saturated heterocycles. The summed E-state index contributed by atoms with van der Waals surface area (Å²) in [6.45, 7) is 10.4. The van der Waals surface area contributed by atoms with E-state index in [9.17, 15) is 9.59 Å². The van der Waals surface area contributed by atoms with Gasteiger partial charge in [0.15, 0.2) is 6.61 Å². The summed E-state index contributed by atoms with van der Waals surface area (Å²) in [5.74, 6) is 0.566. The van der Waals surface area contributed by atoms with Gasteiger partial charge in [0.2, 0.25) is 5.91 Å². The number of benzene rings is 2. The Kier molecular flexibility index (Phi) is 8.72. The van der Waals surface area contributed by atoms with Crippen LogP contribution in [0, 0.1) is 19.8 Å². The zero-order valence-corrected chi connectivity index (χ0v) is 19.1. The molecule has 2 amide bonds. The molecule has 5 nitrogen and oxygen atoms in total. The fraction of sp³-hybridized carbons (Fsp3) is 0.417. The minimum Gasteiger partial charge on any atom is -0.483 e. The molecule has 0 spiro atoms. The topological polar surface area (TPSA) is 58.6 Å². The molecule has 0 unspecified atom stereocenters. The molecular weight excluding hydrogens is 400 g/mol. The lowest BCUT2D eigenvalue weighted by atomic mass is 10.1. The predicted octanol–water partition coefficient (Wildman–Crippen LogP) is 4.53. The highest BCUT2D eigenvalue weighted by atomic mass is 35.5. The smallest absolute Gasteiger partial charge is 0.261 e. The van der Waals surface area contributed by atoms with Crippen molar-refractivity contribution >= 4 is 23.4 Å². The number of hydrogen-bond acceptors (Lipinski definition) is 3. The summed E-state index contributed by atoms with van der Waals surface area (Å²) in [5.41, 5.74) is 2.91. The molecule has 1 atom stereocenters. The monoisotopic (exact) mass is 430 g/mol. The molecular formula is C24H31ClN2O3. The van der Waals surface area contributed by atoms with E-state index in [0.29, 0.717) is 29.8 Å². The van der Waals surface area contributed by atoms with Crippen molar-refractivity contribution < 1.29 is 14.3 Å². The third kappa shape index (κ3) is 7.06. The Morgan fingerprint density at radius 1 is 1.07 bits per heavy atom. The van der Waals surface area contributed by atoms with Crippen LogP contribution in [0.5, 0.6) is 5.75 Å². The molecule has 0 heterocycles. The second-order valence-electron chi connectivity index (χ2n) is 8.02. The van der Waals surface area contributed by atoms with Gasteiger partial charge in [-0.05, 0) is 61.6 Å². The van der Waals surface area contributed by atoms with Gasteiger partial charge in [-0.15, -0.1) is 0 Å². The number of hydrogen-bond donors (Lipinski definition) is 1. The van der Waals surface area contributed by atoms with Crippen molar-refractivity contribution in [1.29, 1.82) is 0 Å². The number of carbonyl (C=O) groups is 2. The molecule has 0 radical (unpaired) electrons. The summed E-state index contributed by atoms with van der Waals surface area (Å²) < 4.78 is 5.80. The minimum absolute atomic E-state index is 0.139. The van der Waals surface area contributed by atoms with E-state index in [2.05, 4.69) is 5.32 Å². The maximum atomic E-state index is 13.1. The van der Waals surface area contributed by atoms with Crippen LogP contribution < -0.4 is 10.1 Å². The molecule has 0 aliphatic rings. The van der Waals surface area contributed by atoms with Gasteiger partial charge in [-0.25, -0.2) is 0 Å². The summed E-state index contributed by atoms with van der Waals surface area (Å²) in [7, 11) is 0. The van der Waals surface area contributed by atoms with Crippen molar-refractivity contribution in [2.45, 2.75) is 47.2 Å². The number of carbonyl (C=O) groups excluding carboxylic acids is 2. The molecule has 0 fully saturated rings. The van der Waals surface area contributed by atoms with Crippen molar-refractivity contribution in [2.24, 2.45) is 5.92 Å². The molecule has 1 N–H and O–H groups in total. The van der Waals surface area contributed by atoms with Gasteiger partial charge in [0.25, 0.3) is 5.91 Å². The first kappa shape index (κ1) is 23.7. The second kappa shape index (κ2) is 11.0. The molecule has 162 valence electrons. The Labute approximate surface area is 184 Å². The zero-order chi connectivity index (χ0) is 22.3. The Morgan fingerprint density at radius 3 is 2.37 bits per heavy atom. The van der Waals surface area contributed by atoms with E-state index in [-0.39, 0.29) is 18.4 Å². The number of halogens is 1. The lowest BCUT2D eigenvalue weighted by Crippen LogP contribution is -2.49. The Hall–Kier alpha value is -2.53. The van der Waals surface area contributed by atoms with Crippen LogP contribution in [0.25, 0.3) is 0 Å². The van der Waals surface area contributed by atoms with Crippen molar-refractivity contribution in [3.05, 3.63) is 64.2 Å². The highest BCUT2D eigenvalue weighted by molar-refractivity contribution is 6.30. The third-order valence-electron chi connectivity index (χ3n) is 4.81. The molecule has 30 heavy (non-hydrogen) atoms. The molecule has 2 aromatic carbocycles. The number of nitrogens with one attached hydrogen (secondary N) is 1. The molecule has 6 heteroatoms. The first-order valence-electron chi connectivity index (χ1n) is 10.2. The van der Waals surface area contributed by atoms with E-state index in [1.54, 1.807) is 24.0 Å². The molecule has 0 saturated carbocycles. The SMILES string of the molecule is Cc1ccc(C)c(OCC(=O)N(Cc2ccc(Cl)cc2)[C@@H](C)C(=O)NCC(C)C)c1.